The predicted molar refractivity (Wildman–Crippen MR) is 83.1 cm³/mol. The van der Waals surface area contributed by atoms with Gasteiger partial charge in [-0.05, 0) is 41.0 Å². The zero-order valence-corrected chi connectivity index (χ0v) is 12.1. The number of ketones is 1. The van der Waals surface area contributed by atoms with Gasteiger partial charge in [-0.25, -0.2) is 0 Å². The zero-order chi connectivity index (χ0) is 14.1. The average Bonchev–Trinajstić information content (AvgIpc) is 2.83. The largest absolute Gasteiger partial charge is 0.294 e. The Morgan fingerprint density at radius 1 is 1.05 bits per heavy atom. The van der Waals surface area contributed by atoms with Gasteiger partial charge < -0.3 is 0 Å². The Kier molecular flexibility index (Phi) is 3.43. The molecular formula is C19H20O. The number of hydrogen-bond acceptors (Lipinski definition) is 1. The first-order valence-electron chi connectivity index (χ1n) is 7.40. The lowest BCUT2D eigenvalue weighted by Crippen LogP contribution is -2.05. The van der Waals surface area contributed by atoms with Gasteiger partial charge in [0.2, 0.25) is 0 Å². The van der Waals surface area contributed by atoms with Gasteiger partial charge in [0, 0.05) is 12.0 Å². The summed E-state index contributed by atoms with van der Waals surface area (Å²) in [5.41, 5.74) is 6.03. The van der Waals surface area contributed by atoms with E-state index in [4.69, 9.17) is 0 Å². The van der Waals surface area contributed by atoms with Gasteiger partial charge in [-0.2, -0.15) is 0 Å². The molecule has 3 rings (SSSR count). The maximum absolute atomic E-state index is 12.5. The molecule has 1 nitrogen and oxygen atoms in total. The summed E-state index contributed by atoms with van der Waals surface area (Å²) in [5, 5.41) is 0. The molecule has 20 heavy (non-hydrogen) atoms. The minimum Gasteiger partial charge on any atom is -0.294 e. The molecule has 0 fully saturated rings. The van der Waals surface area contributed by atoms with Crippen molar-refractivity contribution in [3.63, 3.8) is 0 Å². The van der Waals surface area contributed by atoms with Crippen LogP contribution >= 0.6 is 0 Å². The number of carbonyl (C=O) groups is 1. The molecule has 0 amide bonds. The summed E-state index contributed by atoms with van der Waals surface area (Å²) in [4.78, 5) is 12.5. The summed E-state index contributed by atoms with van der Waals surface area (Å²) < 4.78 is 0. The molecule has 2 aromatic rings. The molecular weight excluding hydrogens is 244 g/mol. The Hall–Kier alpha value is -1.89. The SMILES string of the molecule is CC(C)CCC(=O)c1cccc2c1Cc1ccccc1-2. The molecule has 0 bridgehead atoms. The Labute approximate surface area is 120 Å². The molecule has 102 valence electrons. The lowest BCUT2D eigenvalue weighted by atomic mass is 9.95. The maximum atomic E-state index is 12.5. The molecule has 0 saturated carbocycles. The van der Waals surface area contributed by atoms with E-state index in [0.717, 1.165) is 18.4 Å². The van der Waals surface area contributed by atoms with E-state index >= 15 is 0 Å². The molecule has 0 saturated heterocycles. The summed E-state index contributed by atoms with van der Waals surface area (Å²) in [7, 11) is 0. The van der Waals surface area contributed by atoms with Gasteiger partial charge in [-0.15, -0.1) is 0 Å². The summed E-state index contributed by atoms with van der Waals surface area (Å²) in [6.07, 6.45) is 2.52. The monoisotopic (exact) mass is 264 g/mol. The highest BCUT2D eigenvalue weighted by atomic mass is 16.1. The fraction of sp³-hybridized carbons (Fsp3) is 0.316. The van der Waals surface area contributed by atoms with E-state index in [9.17, 15) is 4.79 Å². The molecule has 0 aliphatic heterocycles. The highest BCUT2D eigenvalue weighted by molar-refractivity contribution is 6.00. The standard InChI is InChI=1S/C19H20O/c1-13(2)10-11-19(20)17-9-5-8-16-15-7-4-3-6-14(15)12-18(16)17/h3-9,13H,10-12H2,1-2H3. The van der Waals surface area contributed by atoms with Crippen LogP contribution in [0.15, 0.2) is 42.5 Å². The molecule has 1 aliphatic carbocycles. The summed E-state index contributed by atoms with van der Waals surface area (Å²) in [5.74, 6) is 0.872. The van der Waals surface area contributed by atoms with E-state index in [1.807, 2.05) is 12.1 Å². The van der Waals surface area contributed by atoms with Crippen molar-refractivity contribution < 1.29 is 4.79 Å². The van der Waals surface area contributed by atoms with E-state index in [0.29, 0.717) is 18.1 Å². The van der Waals surface area contributed by atoms with Crippen LogP contribution in [-0.2, 0) is 6.42 Å². The van der Waals surface area contributed by atoms with Crippen LogP contribution in [0.2, 0.25) is 0 Å². The van der Waals surface area contributed by atoms with Crippen molar-refractivity contribution >= 4 is 5.78 Å². The van der Waals surface area contributed by atoms with E-state index in [1.165, 1.54) is 22.3 Å². The Morgan fingerprint density at radius 3 is 2.60 bits per heavy atom. The van der Waals surface area contributed by atoms with Crippen LogP contribution in [0.4, 0.5) is 0 Å². The lowest BCUT2D eigenvalue weighted by molar-refractivity contribution is 0.0974. The number of rotatable bonds is 4. The predicted octanol–water partition coefficient (Wildman–Crippen LogP) is 4.88. The van der Waals surface area contributed by atoms with Crippen molar-refractivity contribution in [1.82, 2.24) is 0 Å². The molecule has 0 N–H and O–H groups in total. The van der Waals surface area contributed by atoms with Gasteiger partial charge in [0.1, 0.15) is 0 Å². The van der Waals surface area contributed by atoms with Crippen molar-refractivity contribution in [3.05, 3.63) is 59.2 Å². The Morgan fingerprint density at radius 2 is 1.80 bits per heavy atom. The molecule has 0 radical (unpaired) electrons. The van der Waals surface area contributed by atoms with Crippen molar-refractivity contribution in [2.75, 3.05) is 0 Å². The first kappa shape index (κ1) is 13.1. The number of benzene rings is 2. The Bertz CT molecular complexity index is 653. The van der Waals surface area contributed by atoms with Crippen molar-refractivity contribution in [2.45, 2.75) is 33.1 Å². The molecule has 1 heteroatoms. The normalized spacial score (nSPS) is 12.3. The van der Waals surface area contributed by atoms with E-state index < -0.39 is 0 Å². The Balaban J connectivity index is 1.95. The number of hydrogen-bond donors (Lipinski definition) is 0. The minimum absolute atomic E-state index is 0.295. The quantitative estimate of drug-likeness (QED) is 0.614. The summed E-state index contributed by atoms with van der Waals surface area (Å²) in [6.45, 7) is 4.33. The third-order valence-corrected chi connectivity index (χ3v) is 4.10. The van der Waals surface area contributed by atoms with Crippen LogP contribution in [0.25, 0.3) is 11.1 Å². The molecule has 0 unspecified atom stereocenters. The fourth-order valence-corrected chi connectivity index (χ4v) is 2.97. The molecule has 0 spiro atoms. The first-order chi connectivity index (χ1) is 9.66. The minimum atomic E-state index is 0.295. The van der Waals surface area contributed by atoms with Crippen molar-refractivity contribution in [1.29, 1.82) is 0 Å². The highest BCUT2D eigenvalue weighted by Crippen LogP contribution is 2.38. The maximum Gasteiger partial charge on any atom is 0.163 e. The zero-order valence-electron chi connectivity index (χ0n) is 12.1. The van der Waals surface area contributed by atoms with E-state index in [2.05, 4.69) is 44.2 Å². The van der Waals surface area contributed by atoms with Crippen LogP contribution in [0.3, 0.4) is 0 Å². The van der Waals surface area contributed by atoms with Gasteiger partial charge in [0.05, 0.1) is 0 Å². The van der Waals surface area contributed by atoms with E-state index in [-0.39, 0.29) is 0 Å². The van der Waals surface area contributed by atoms with Crippen molar-refractivity contribution in [2.24, 2.45) is 5.92 Å². The molecule has 0 aromatic heterocycles. The third kappa shape index (κ3) is 2.29. The van der Waals surface area contributed by atoms with Gasteiger partial charge in [-0.1, -0.05) is 56.3 Å². The van der Waals surface area contributed by atoms with Crippen LogP contribution in [0.1, 0.15) is 48.2 Å². The van der Waals surface area contributed by atoms with Crippen LogP contribution in [-0.4, -0.2) is 5.78 Å². The first-order valence-corrected chi connectivity index (χ1v) is 7.40. The second-order valence-corrected chi connectivity index (χ2v) is 6.02. The third-order valence-electron chi connectivity index (χ3n) is 4.10. The van der Waals surface area contributed by atoms with Crippen LogP contribution in [0.5, 0.6) is 0 Å². The van der Waals surface area contributed by atoms with Crippen molar-refractivity contribution in [3.8, 4) is 11.1 Å². The average molecular weight is 264 g/mol. The second-order valence-electron chi connectivity index (χ2n) is 6.02. The second kappa shape index (κ2) is 5.24. The van der Waals surface area contributed by atoms with E-state index in [1.54, 1.807) is 0 Å². The molecule has 2 aromatic carbocycles. The number of fused-ring (bicyclic) bond motifs is 3. The van der Waals surface area contributed by atoms with Crippen LogP contribution < -0.4 is 0 Å². The smallest absolute Gasteiger partial charge is 0.163 e. The van der Waals surface area contributed by atoms with Gasteiger partial charge in [0.25, 0.3) is 0 Å². The summed E-state index contributed by atoms with van der Waals surface area (Å²) >= 11 is 0. The molecule has 0 heterocycles. The molecule has 0 atom stereocenters. The molecule has 1 aliphatic rings. The highest BCUT2D eigenvalue weighted by Gasteiger charge is 2.22. The van der Waals surface area contributed by atoms with Crippen LogP contribution in [0, 0.1) is 5.92 Å². The topological polar surface area (TPSA) is 17.1 Å². The van der Waals surface area contributed by atoms with Gasteiger partial charge >= 0.3 is 0 Å². The number of carbonyl (C=O) groups excluding carboxylic acids is 1. The van der Waals surface area contributed by atoms with Gasteiger partial charge in [-0.3, -0.25) is 4.79 Å². The summed E-state index contributed by atoms with van der Waals surface area (Å²) in [6, 6.07) is 14.6. The number of Topliss-reactive ketones (excluding diaryl/α,β-unsaturated/α-hetero) is 1. The lowest BCUT2D eigenvalue weighted by Gasteiger charge is -2.09. The fourth-order valence-electron chi connectivity index (χ4n) is 2.97. The van der Waals surface area contributed by atoms with Gasteiger partial charge in [0.15, 0.2) is 5.78 Å².